The predicted octanol–water partition coefficient (Wildman–Crippen LogP) is 4.63. The van der Waals surface area contributed by atoms with Crippen LogP contribution in [-0.2, 0) is 6.54 Å². The molecular formula is C15H23ClN2. The molecule has 0 saturated heterocycles. The molecule has 0 radical (unpaired) electrons. The van der Waals surface area contributed by atoms with Crippen molar-refractivity contribution < 1.29 is 0 Å². The Morgan fingerprint density at radius 2 is 1.78 bits per heavy atom. The molecule has 0 N–H and O–H groups in total. The van der Waals surface area contributed by atoms with Crippen molar-refractivity contribution in [3.63, 3.8) is 0 Å². The van der Waals surface area contributed by atoms with Crippen molar-refractivity contribution in [3.05, 3.63) is 30.1 Å². The highest BCUT2D eigenvalue weighted by Gasteiger charge is 2.13. The van der Waals surface area contributed by atoms with Gasteiger partial charge in [-0.25, -0.2) is 4.98 Å². The molecule has 0 atom stereocenters. The molecule has 0 saturated carbocycles. The highest BCUT2D eigenvalue weighted by atomic mass is 35.5. The fraction of sp³-hybridized carbons (Fsp3) is 0.533. The molecule has 18 heavy (non-hydrogen) atoms. The van der Waals surface area contributed by atoms with Crippen LogP contribution in [0.25, 0.3) is 11.0 Å². The number of para-hydroxylation sites is 2. The fourth-order valence-corrected chi connectivity index (χ4v) is 2.16. The SMILES string of the molecule is CC(C)CCn1c(C(C)C)nc2ccccc21.Cl. The molecule has 2 nitrogen and oxygen atoms in total. The molecule has 0 spiro atoms. The highest BCUT2D eigenvalue weighted by molar-refractivity contribution is 5.85. The maximum absolute atomic E-state index is 4.75. The van der Waals surface area contributed by atoms with E-state index in [0.717, 1.165) is 18.0 Å². The molecule has 2 aromatic rings. The van der Waals surface area contributed by atoms with Crippen LogP contribution in [0.15, 0.2) is 24.3 Å². The molecule has 0 fully saturated rings. The van der Waals surface area contributed by atoms with Gasteiger partial charge in [-0.2, -0.15) is 0 Å². The first-order valence-electron chi connectivity index (χ1n) is 6.54. The van der Waals surface area contributed by atoms with Gasteiger partial charge >= 0.3 is 0 Å². The summed E-state index contributed by atoms with van der Waals surface area (Å²) in [6.07, 6.45) is 1.21. The minimum absolute atomic E-state index is 0. The summed E-state index contributed by atoms with van der Waals surface area (Å²) in [4.78, 5) is 4.75. The second-order valence-electron chi connectivity index (χ2n) is 5.45. The third-order valence-corrected chi connectivity index (χ3v) is 3.13. The monoisotopic (exact) mass is 266 g/mol. The second-order valence-corrected chi connectivity index (χ2v) is 5.45. The van der Waals surface area contributed by atoms with Crippen molar-refractivity contribution in [2.45, 2.75) is 46.6 Å². The van der Waals surface area contributed by atoms with Gasteiger partial charge in [-0.1, -0.05) is 39.8 Å². The summed E-state index contributed by atoms with van der Waals surface area (Å²) in [6.45, 7) is 10.0. The van der Waals surface area contributed by atoms with Crippen LogP contribution in [0.5, 0.6) is 0 Å². The Kier molecular flexibility index (Phi) is 5.21. The number of nitrogens with zero attached hydrogens (tertiary/aromatic N) is 2. The Morgan fingerprint density at radius 3 is 2.39 bits per heavy atom. The maximum Gasteiger partial charge on any atom is 0.112 e. The number of benzene rings is 1. The summed E-state index contributed by atoms with van der Waals surface area (Å²) in [7, 11) is 0. The molecule has 0 aliphatic heterocycles. The van der Waals surface area contributed by atoms with Crippen LogP contribution >= 0.6 is 12.4 Å². The zero-order valence-corrected chi connectivity index (χ0v) is 12.5. The topological polar surface area (TPSA) is 17.8 Å². The van der Waals surface area contributed by atoms with Gasteiger partial charge in [0.05, 0.1) is 11.0 Å². The molecule has 0 amide bonds. The lowest BCUT2D eigenvalue weighted by Crippen LogP contribution is -2.07. The maximum atomic E-state index is 4.75. The molecule has 100 valence electrons. The number of aryl methyl sites for hydroxylation is 1. The normalized spacial score (nSPS) is 11.2. The number of fused-ring (bicyclic) bond motifs is 1. The van der Waals surface area contributed by atoms with E-state index in [4.69, 9.17) is 4.98 Å². The number of imidazole rings is 1. The van der Waals surface area contributed by atoms with Crippen LogP contribution in [0.4, 0.5) is 0 Å². The summed E-state index contributed by atoms with van der Waals surface area (Å²) in [5, 5.41) is 0. The Balaban J connectivity index is 0.00000162. The van der Waals surface area contributed by atoms with Crippen molar-refractivity contribution in [3.8, 4) is 0 Å². The van der Waals surface area contributed by atoms with Crippen LogP contribution in [0.1, 0.15) is 45.9 Å². The lowest BCUT2D eigenvalue weighted by atomic mass is 10.1. The molecule has 3 heteroatoms. The second kappa shape index (κ2) is 6.24. The third-order valence-electron chi connectivity index (χ3n) is 3.13. The van der Waals surface area contributed by atoms with Crippen LogP contribution in [0.3, 0.4) is 0 Å². The van der Waals surface area contributed by atoms with E-state index >= 15 is 0 Å². The van der Waals surface area contributed by atoms with Crippen LogP contribution in [-0.4, -0.2) is 9.55 Å². The molecule has 1 aromatic heterocycles. The van der Waals surface area contributed by atoms with Gasteiger partial charge in [0.2, 0.25) is 0 Å². The molecular weight excluding hydrogens is 244 g/mol. The molecule has 2 rings (SSSR count). The van der Waals surface area contributed by atoms with E-state index < -0.39 is 0 Å². The Labute approximate surface area is 116 Å². The number of rotatable bonds is 4. The van der Waals surface area contributed by atoms with E-state index in [1.807, 2.05) is 0 Å². The average molecular weight is 267 g/mol. The summed E-state index contributed by atoms with van der Waals surface area (Å²) in [6, 6.07) is 8.44. The van der Waals surface area contributed by atoms with Crippen molar-refractivity contribution in [2.24, 2.45) is 5.92 Å². The summed E-state index contributed by atoms with van der Waals surface area (Å²) < 4.78 is 2.39. The van der Waals surface area contributed by atoms with Gasteiger partial charge in [0.25, 0.3) is 0 Å². The van der Waals surface area contributed by atoms with Crippen molar-refractivity contribution in [1.29, 1.82) is 0 Å². The number of aromatic nitrogens is 2. The van der Waals surface area contributed by atoms with Crippen LogP contribution in [0, 0.1) is 5.92 Å². The Morgan fingerprint density at radius 1 is 1.11 bits per heavy atom. The van der Waals surface area contributed by atoms with E-state index in [0.29, 0.717) is 5.92 Å². The van der Waals surface area contributed by atoms with Gasteiger partial charge in [0, 0.05) is 12.5 Å². The molecule has 0 aliphatic carbocycles. The number of halogens is 1. The predicted molar refractivity (Wildman–Crippen MR) is 80.5 cm³/mol. The molecule has 0 unspecified atom stereocenters. The van der Waals surface area contributed by atoms with Gasteiger partial charge in [-0.15, -0.1) is 12.4 Å². The smallest absolute Gasteiger partial charge is 0.112 e. The van der Waals surface area contributed by atoms with E-state index in [9.17, 15) is 0 Å². The largest absolute Gasteiger partial charge is 0.328 e. The minimum atomic E-state index is 0. The zero-order valence-electron chi connectivity index (χ0n) is 11.7. The first-order valence-corrected chi connectivity index (χ1v) is 6.54. The van der Waals surface area contributed by atoms with Gasteiger partial charge in [-0.3, -0.25) is 0 Å². The fourth-order valence-electron chi connectivity index (χ4n) is 2.16. The molecule has 0 bridgehead atoms. The lowest BCUT2D eigenvalue weighted by Gasteiger charge is -2.12. The van der Waals surface area contributed by atoms with Crippen molar-refractivity contribution >= 4 is 23.4 Å². The van der Waals surface area contributed by atoms with Gasteiger partial charge in [-0.05, 0) is 24.5 Å². The first-order chi connectivity index (χ1) is 8.09. The summed E-state index contributed by atoms with van der Waals surface area (Å²) >= 11 is 0. The first kappa shape index (κ1) is 15.0. The summed E-state index contributed by atoms with van der Waals surface area (Å²) in [5.41, 5.74) is 2.40. The molecule has 0 aliphatic rings. The standard InChI is InChI=1S/C15H22N2.ClH/c1-11(2)9-10-17-14-8-6-5-7-13(14)16-15(17)12(3)4;/h5-8,11-12H,9-10H2,1-4H3;1H. The summed E-state index contributed by atoms with van der Waals surface area (Å²) in [5.74, 6) is 2.43. The minimum Gasteiger partial charge on any atom is -0.328 e. The van der Waals surface area contributed by atoms with Gasteiger partial charge in [0.15, 0.2) is 0 Å². The van der Waals surface area contributed by atoms with Crippen LogP contribution < -0.4 is 0 Å². The average Bonchev–Trinajstić information content (AvgIpc) is 2.65. The van der Waals surface area contributed by atoms with Gasteiger partial charge < -0.3 is 4.57 Å². The highest BCUT2D eigenvalue weighted by Crippen LogP contribution is 2.22. The van der Waals surface area contributed by atoms with Crippen molar-refractivity contribution in [1.82, 2.24) is 9.55 Å². The van der Waals surface area contributed by atoms with E-state index in [1.165, 1.54) is 17.8 Å². The van der Waals surface area contributed by atoms with E-state index in [-0.39, 0.29) is 12.4 Å². The molecule has 1 aromatic carbocycles. The third kappa shape index (κ3) is 3.05. The van der Waals surface area contributed by atoms with Crippen molar-refractivity contribution in [2.75, 3.05) is 0 Å². The Hall–Kier alpha value is -1.02. The Bertz CT molecular complexity index is 500. The number of hydrogen-bond acceptors (Lipinski definition) is 1. The van der Waals surface area contributed by atoms with Gasteiger partial charge in [0.1, 0.15) is 5.82 Å². The van der Waals surface area contributed by atoms with E-state index in [2.05, 4.69) is 56.5 Å². The lowest BCUT2D eigenvalue weighted by molar-refractivity contribution is 0.506. The molecule has 1 heterocycles. The quantitative estimate of drug-likeness (QED) is 0.789. The number of hydrogen-bond donors (Lipinski definition) is 0. The van der Waals surface area contributed by atoms with E-state index in [1.54, 1.807) is 0 Å². The van der Waals surface area contributed by atoms with Crippen LogP contribution in [0.2, 0.25) is 0 Å². The zero-order chi connectivity index (χ0) is 12.4.